The molecule has 1 aliphatic heterocycles. The predicted molar refractivity (Wildman–Crippen MR) is 111 cm³/mol. The van der Waals surface area contributed by atoms with E-state index in [-0.39, 0.29) is 5.91 Å². The summed E-state index contributed by atoms with van der Waals surface area (Å²) >= 11 is 0. The molecule has 0 unspecified atom stereocenters. The van der Waals surface area contributed by atoms with Crippen molar-refractivity contribution in [2.45, 2.75) is 19.5 Å². The van der Waals surface area contributed by atoms with Crippen LogP contribution in [0.5, 0.6) is 0 Å². The Balaban J connectivity index is 2.00. The number of aryl methyl sites for hydroxylation is 1. The lowest BCUT2D eigenvalue weighted by Gasteiger charge is -2.11. The van der Waals surface area contributed by atoms with Crippen LogP contribution < -0.4 is 5.32 Å². The maximum atomic E-state index is 13.6. The minimum absolute atomic E-state index is 0.139. The summed E-state index contributed by atoms with van der Waals surface area (Å²) in [6, 6.07) is 15.5. The number of hydrogen-bond acceptors (Lipinski definition) is 1. The number of amides is 1. The second-order valence-electron chi connectivity index (χ2n) is 7.58. The summed E-state index contributed by atoms with van der Waals surface area (Å²) in [4.78, 5) is 12.9. The minimum atomic E-state index is -2.50. The van der Waals surface area contributed by atoms with E-state index in [4.69, 9.17) is 0 Å². The Kier molecular flexibility index (Phi) is 3.17. The van der Waals surface area contributed by atoms with Gasteiger partial charge in [-0.25, -0.2) is 8.78 Å². The van der Waals surface area contributed by atoms with E-state index in [1.807, 2.05) is 55.6 Å². The van der Waals surface area contributed by atoms with Gasteiger partial charge in [-0.05, 0) is 17.7 Å². The van der Waals surface area contributed by atoms with E-state index in [0.717, 1.165) is 43.7 Å². The second-order valence-corrected chi connectivity index (χ2v) is 7.58. The Labute approximate surface area is 164 Å². The van der Waals surface area contributed by atoms with E-state index in [2.05, 4.69) is 9.88 Å². The summed E-state index contributed by atoms with van der Waals surface area (Å²) in [5.41, 5.74) is 4.92. The molecule has 144 valence electrons. The zero-order chi connectivity index (χ0) is 19.9. The normalized spacial score (nSPS) is 14.0. The fourth-order valence-electron chi connectivity index (χ4n) is 5.07. The average molecular weight is 389 g/mol. The molecule has 1 aliphatic rings. The first-order valence-electron chi connectivity index (χ1n) is 9.57. The quantitative estimate of drug-likeness (QED) is 0.456. The number of para-hydroxylation sites is 2. The maximum Gasteiger partial charge on any atom is 0.256 e. The van der Waals surface area contributed by atoms with Gasteiger partial charge in [-0.2, -0.15) is 0 Å². The van der Waals surface area contributed by atoms with Gasteiger partial charge < -0.3 is 14.5 Å². The van der Waals surface area contributed by atoms with E-state index < -0.39 is 13.0 Å². The molecular weight excluding hydrogens is 372 g/mol. The van der Waals surface area contributed by atoms with Crippen LogP contribution in [-0.4, -0.2) is 21.5 Å². The van der Waals surface area contributed by atoms with Crippen molar-refractivity contribution in [1.82, 2.24) is 14.5 Å². The predicted octanol–water partition coefficient (Wildman–Crippen LogP) is 4.95. The van der Waals surface area contributed by atoms with Crippen molar-refractivity contribution in [3.05, 3.63) is 59.7 Å². The monoisotopic (exact) mass is 389 g/mol. The number of nitrogens with one attached hydrogen (secondary N) is 1. The number of halogens is 2. The van der Waals surface area contributed by atoms with Crippen molar-refractivity contribution in [2.24, 2.45) is 7.05 Å². The molecule has 3 aromatic carbocycles. The number of carbonyl (C=O) groups is 1. The average Bonchev–Trinajstić information content (AvgIpc) is 3.34. The molecule has 3 heterocycles. The Morgan fingerprint density at radius 3 is 2.34 bits per heavy atom. The maximum absolute atomic E-state index is 13.6. The zero-order valence-corrected chi connectivity index (χ0v) is 15.7. The van der Waals surface area contributed by atoms with Crippen LogP contribution in [0.3, 0.4) is 0 Å². The smallest absolute Gasteiger partial charge is 0.256 e. The van der Waals surface area contributed by atoms with Crippen molar-refractivity contribution in [1.29, 1.82) is 0 Å². The van der Waals surface area contributed by atoms with Crippen molar-refractivity contribution < 1.29 is 13.6 Å². The summed E-state index contributed by atoms with van der Waals surface area (Å²) in [5, 5.41) is 6.57. The molecule has 2 aromatic heterocycles. The Morgan fingerprint density at radius 1 is 0.966 bits per heavy atom. The van der Waals surface area contributed by atoms with Gasteiger partial charge in [-0.1, -0.05) is 36.4 Å². The van der Waals surface area contributed by atoms with Gasteiger partial charge in [-0.3, -0.25) is 4.79 Å². The Morgan fingerprint density at radius 2 is 1.62 bits per heavy atom. The number of aromatic nitrogens is 2. The largest absolute Gasteiger partial charge is 0.348 e. The van der Waals surface area contributed by atoms with Crippen LogP contribution >= 0.6 is 0 Å². The third-order valence-corrected chi connectivity index (χ3v) is 6.13. The SMILES string of the molecule is Cn1c2ccccc2c2c3c(c4c5ccccc5n(CC(F)F)c4c21)C(=O)NC3. The fourth-order valence-corrected chi connectivity index (χ4v) is 5.07. The van der Waals surface area contributed by atoms with Crippen molar-refractivity contribution in [2.75, 3.05) is 0 Å². The van der Waals surface area contributed by atoms with Crippen LogP contribution in [0.15, 0.2) is 48.5 Å². The van der Waals surface area contributed by atoms with Crippen LogP contribution in [0.1, 0.15) is 15.9 Å². The number of fused-ring (bicyclic) bond motifs is 10. The summed E-state index contributed by atoms with van der Waals surface area (Å²) < 4.78 is 31.0. The second kappa shape index (κ2) is 5.56. The molecule has 4 nitrogen and oxygen atoms in total. The van der Waals surface area contributed by atoms with Crippen LogP contribution in [0.4, 0.5) is 8.78 Å². The molecule has 0 radical (unpaired) electrons. The van der Waals surface area contributed by atoms with E-state index in [9.17, 15) is 13.6 Å². The van der Waals surface area contributed by atoms with Gasteiger partial charge in [0.15, 0.2) is 0 Å². The van der Waals surface area contributed by atoms with Gasteiger partial charge in [-0.15, -0.1) is 0 Å². The van der Waals surface area contributed by atoms with Crippen LogP contribution in [0.25, 0.3) is 43.6 Å². The highest BCUT2D eigenvalue weighted by Crippen LogP contribution is 2.44. The van der Waals surface area contributed by atoms with Crippen LogP contribution in [0.2, 0.25) is 0 Å². The molecule has 0 atom stereocenters. The molecule has 0 aliphatic carbocycles. The molecule has 1 amide bonds. The zero-order valence-electron chi connectivity index (χ0n) is 15.7. The van der Waals surface area contributed by atoms with Crippen LogP contribution in [0, 0.1) is 0 Å². The number of rotatable bonds is 2. The number of alkyl halides is 2. The van der Waals surface area contributed by atoms with E-state index in [1.165, 1.54) is 0 Å². The van der Waals surface area contributed by atoms with E-state index >= 15 is 0 Å². The molecule has 0 spiro atoms. The molecular formula is C23H17F2N3O. The van der Waals surface area contributed by atoms with Gasteiger partial charge in [0.25, 0.3) is 12.3 Å². The van der Waals surface area contributed by atoms with Crippen LogP contribution in [-0.2, 0) is 20.1 Å². The topological polar surface area (TPSA) is 39.0 Å². The third-order valence-electron chi connectivity index (χ3n) is 6.13. The van der Waals surface area contributed by atoms with Crippen molar-refractivity contribution in [3.63, 3.8) is 0 Å². The third kappa shape index (κ3) is 1.98. The molecule has 0 saturated heterocycles. The lowest BCUT2D eigenvalue weighted by atomic mass is 9.97. The molecule has 6 heteroatoms. The number of benzene rings is 3. The minimum Gasteiger partial charge on any atom is -0.348 e. The van der Waals surface area contributed by atoms with Gasteiger partial charge in [0, 0.05) is 46.2 Å². The lowest BCUT2D eigenvalue weighted by molar-refractivity contribution is 0.0967. The first-order chi connectivity index (χ1) is 14.1. The number of hydrogen-bond donors (Lipinski definition) is 1. The van der Waals surface area contributed by atoms with Gasteiger partial charge in [0.1, 0.15) is 0 Å². The number of carbonyl (C=O) groups excluding carboxylic acids is 1. The van der Waals surface area contributed by atoms with Gasteiger partial charge in [0.2, 0.25) is 0 Å². The summed E-state index contributed by atoms with van der Waals surface area (Å²) in [5.74, 6) is -0.139. The molecule has 29 heavy (non-hydrogen) atoms. The first kappa shape index (κ1) is 16.5. The molecule has 0 fully saturated rings. The van der Waals surface area contributed by atoms with E-state index in [1.54, 1.807) is 4.57 Å². The molecule has 5 aromatic rings. The summed E-state index contributed by atoms with van der Waals surface area (Å²) in [6.07, 6.45) is -2.50. The molecule has 0 bridgehead atoms. The first-order valence-corrected chi connectivity index (χ1v) is 9.57. The molecule has 6 rings (SSSR count). The van der Waals surface area contributed by atoms with Crippen molar-refractivity contribution in [3.8, 4) is 0 Å². The molecule has 1 N–H and O–H groups in total. The standard InChI is InChI=1S/C23H17F2N3O/c1-27-15-8-4-2-6-12(15)18-14-10-26-23(29)20(14)19-13-7-3-5-9-16(13)28(11-17(24)25)22(19)21(18)27/h2-9,17H,10-11H2,1H3,(H,26,29). The molecule has 0 saturated carbocycles. The number of nitrogens with zero attached hydrogens (tertiary/aromatic N) is 2. The highest BCUT2D eigenvalue weighted by atomic mass is 19.3. The van der Waals surface area contributed by atoms with Gasteiger partial charge >= 0.3 is 0 Å². The summed E-state index contributed by atoms with van der Waals surface area (Å²) in [7, 11) is 1.96. The lowest BCUT2D eigenvalue weighted by Crippen LogP contribution is -2.12. The fraction of sp³-hybridized carbons (Fsp3) is 0.174. The summed E-state index contributed by atoms with van der Waals surface area (Å²) in [6.45, 7) is 0.0318. The highest BCUT2D eigenvalue weighted by molar-refractivity contribution is 6.30. The Bertz CT molecular complexity index is 1490. The Hall–Kier alpha value is -3.41. The van der Waals surface area contributed by atoms with Gasteiger partial charge in [0.05, 0.1) is 23.1 Å². The highest BCUT2D eigenvalue weighted by Gasteiger charge is 2.31. The van der Waals surface area contributed by atoms with Crippen molar-refractivity contribution >= 4 is 49.5 Å². The van der Waals surface area contributed by atoms with E-state index in [0.29, 0.717) is 17.6 Å².